The first-order valence-electron chi connectivity index (χ1n) is 12.2. The van der Waals surface area contributed by atoms with Gasteiger partial charge < -0.3 is 24.8 Å². The molecule has 4 rings (SSSR count). The van der Waals surface area contributed by atoms with Crippen LogP contribution in [0.15, 0.2) is 60.9 Å². The molecule has 0 saturated heterocycles. The zero-order valence-electron chi connectivity index (χ0n) is 21.8. The van der Waals surface area contributed by atoms with Gasteiger partial charge in [-0.15, -0.1) is 0 Å². The van der Waals surface area contributed by atoms with Gasteiger partial charge in [0.2, 0.25) is 11.8 Å². The average molecular weight is 515 g/mol. The van der Waals surface area contributed by atoms with Gasteiger partial charge in [0.1, 0.15) is 23.0 Å². The standard InChI is InChI=1S/C29H30N4O5/c1-5-28(34)32-16-19-10-18(2)11-20(12-19)33-29(35)15-25-27(37-4)14-22(17-31-25)38-26-8-9-30-24-13-21(36-3)6-7-23(24)26/h6-14,17H,5,15-16H2,1-4H3,(H,32,34)(H,33,35). The van der Waals surface area contributed by atoms with Crippen LogP contribution in [0.2, 0.25) is 0 Å². The maximum Gasteiger partial charge on any atom is 0.230 e. The smallest absolute Gasteiger partial charge is 0.230 e. The first kappa shape index (κ1) is 26.4. The van der Waals surface area contributed by atoms with Crippen LogP contribution in [0.1, 0.15) is 30.2 Å². The third-order valence-corrected chi connectivity index (χ3v) is 5.82. The molecule has 0 bridgehead atoms. The van der Waals surface area contributed by atoms with Crippen molar-refractivity contribution in [2.24, 2.45) is 0 Å². The lowest BCUT2D eigenvalue weighted by molar-refractivity contribution is -0.121. The van der Waals surface area contributed by atoms with Crippen molar-refractivity contribution >= 4 is 28.4 Å². The highest BCUT2D eigenvalue weighted by molar-refractivity contribution is 5.92. The molecule has 2 N–H and O–H groups in total. The molecule has 9 nitrogen and oxygen atoms in total. The number of benzene rings is 2. The molecule has 2 aromatic carbocycles. The van der Waals surface area contributed by atoms with Crippen molar-refractivity contribution < 1.29 is 23.8 Å². The van der Waals surface area contributed by atoms with Crippen LogP contribution in [-0.4, -0.2) is 36.0 Å². The van der Waals surface area contributed by atoms with Crippen LogP contribution in [0.4, 0.5) is 5.69 Å². The SMILES string of the molecule is CCC(=O)NCc1cc(C)cc(NC(=O)Cc2ncc(Oc3ccnc4cc(OC)ccc34)cc2OC)c1. The number of ether oxygens (including phenoxy) is 3. The number of aromatic nitrogens is 2. The van der Waals surface area contributed by atoms with Crippen molar-refractivity contribution in [2.45, 2.75) is 33.2 Å². The van der Waals surface area contributed by atoms with E-state index in [2.05, 4.69) is 20.6 Å². The zero-order chi connectivity index (χ0) is 27.1. The van der Waals surface area contributed by atoms with Gasteiger partial charge in [-0.3, -0.25) is 19.6 Å². The van der Waals surface area contributed by atoms with Gasteiger partial charge in [0.05, 0.1) is 38.0 Å². The average Bonchev–Trinajstić information content (AvgIpc) is 2.91. The summed E-state index contributed by atoms with van der Waals surface area (Å²) in [5.74, 6) is 1.94. The molecule has 2 aromatic heterocycles. The van der Waals surface area contributed by atoms with Crippen LogP contribution in [-0.2, 0) is 22.6 Å². The number of hydrogen-bond donors (Lipinski definition) is 2. The molecule has 0 spiro atoms. The number of carbonyl (C=O) groups excluding carboxylic acids is 2. The number of rotatable bonds is 10. The van der Waals surface area contributed by atoms with E-state index in [0.29, 0.717) is 47.3 Å². The van der Waals surface area contributed by atoms with Crippen LogP contribution in [0, 0.1) is 6.92 Å². The predicted molar refractivity (Wildman–Crippen MR) is 145 cm³/mol. The van der Waals surface area contributed by atoms with E-state index in [1.165, 1.54) is 7.11 Å². The number of carbonyl (C=O) groups is 2. The molecule has 0 fully saturated rings. The second-order valence-electron chi connectivity index (χ2n) is 8.68. The number of aryl methyl sites for hydroxylation is 1. The third kappa shape index (κ3) is 6.56. The van der Waals surface area contributed by atoms with Crippen molar-refractivity contribution in [1.29, 1.82) is 0 Å². The first-order chi connectivity index (χ1) is 18.4. The lowest BCUT2D eigenvalue weighted by Crippen LogP contribution is -2.21. The van der Waals surface area contributed by atoms with Crippen LogP contribution in [0.3, 0.4) is 0 Å². The van der Waals surface area contributed by atoms with Gasteiger partial charge in [-0.2, -0.15) is 0 Å². The number of amides is 2. The fourth-order valence-electron chi connectivity index (χ4n) is 3.98. The second-order valence-corrected chi connectivity index (χ2v) is 8.68. The molecule has 4 aromatic rings. The lowest BCUT2D eigenvalue weighted by atomic mass is 10.1. The molecule has 0 aliphatic carbocycles. The molecule has 38 heavy (non-hydrogen) atoms. The van der Waals surface area contributed by atoms with E-state index in [4.69, 9.17) is 14.2 Å². The Morgan fingerprint density at radius 1 is 0.895 bits per heavy atom. The lowest BCUT2D eigenvalue weighted by Gasteiger charge is -2.13. The Morgan fingerprint density at radius 3 is 2.50 bits per heavy atom. The summed E-state index contributed by atoms with van der Waals surface area (Å²) in [6.07, 6.45) is 3.65. The van der Waals surface area contributed by atoms with E-state index in [0.717, 1.165) is 22.0 Å². The normalized spacial score (nSPS) is 10.6. The summed E-state index contributed by atoms with van der Waals surface area (Å²) in [5.41, 5.74) is 3.74. The van der Waals surface area contributed by atoms with Crippen molar-refractivity contribution in [3.63, 3.8) is 0 Å². The number of nitrogens with zero attached hydrogens (tertiary/aromatic N) is 2. The minimum atomic E-state index is -0.243. The Balaban J connectivity index is 1.46. The number of pyridine rings is 2. The van der Waals surface area contributed by atoms with Crippen LogP contribution in [0.5, 0.6) is 23.0 Å². The summed E-state index contributed by atoms with van der Waals surface area (Å²) in [7, 11) is 3.13. The maximum atomic E-state index is 12.8. The second kappa shape index (κ2) is 12.1. The topological polar surface area (TPSA) is 112 Å². The minimum Gasteiger partial charge on any atom is -0.497 e. The third-order valence-electron chi connectivity index (χ3n) is 5.82. The monoisotopic (exact) mass is 514 g/mol. The first-order valence-corrected chi connectivity index (χ1v) is 12.2. The van der Waals surface area contributed by atoms with E-state index in [1.807, 2.05) is 43.3 Å². The molecular formula is C29H30N4O5. The molecule has 0 unspecified atom stereocenters. The van der Waals surface area contributed by atoms with Crippen molar-refractivity contribution in [2.75, 3.05) is 19.5 Å². The Morgan fingerprint density at radius 2 is 1.74 bits per heavy atom. The molecular weight excluding hydrogens is 484 g/mol. The van der Waals surface area contributed by atoms with E-state index < -0.39 is 0 Å². The molecule has 0 radical (unpaired) electrons. The Bertz CT molecular complexity index is 1470. The minimum absolute atomic E-state index is 0.0112. The van der Waals surface area contributed by atoms with Gasteiger partial charge in [-0.05, 0) is 48.4 Å². The van der Waals surface area contributed by atoms with E-state index >= 15 is 0 Å². The largest absolute Gasteiger partial charge is 0.497 e. The van der Waals surface area contributed by atoms with Gasteiger partial charge in [0, 0.05) is 42.4 Å². The number of methoxy groups -OCH3 is 2. The Labute approximate surface area is 221 Å². The highest BCUT2D eigenvalue weighted by Crippen LogP contribution is 2.32. The summed E-state index contributed by atoms with van der Waals surface area (Å²) in [5, 5.41) is 6.58. The number of nitrogens with one attached hydrogen (secondary N) is 2. The number of hydrogen-bond acceptors (Lipinski definition) is 7. The summed E-state index contributed by atoms with van der Waals surface area (Å²) >= 11 is 0. The highest BCUT2D eigenvalue weighted by atomic mass is 16.5. The fourth-order valence-corrected chi connectivity index (χ4v) is 3.98. The Kier molecular flexibility index (Phi) is 8.37. The number of anilines is 1. The number of fused-ring (bicyclic) bond motifs is 1. The molecule has 0 saturated carbocycles. The highest BCUT2D eigenvalue weighted by Gasteiger charge is 2.14. The zero-order valence-corrected chi connectivity index (χ0v) is 21.8. The molecule has 9 heteroatoms. The van der Waals surface area contributed by atoms with Crippen LogP contribution >= 0.6 is 0 Å². The van der Waals surface area contributed by atoms with Gasteiger partial charge in [0.15, 0.2) is 0 Å². The Hall–Kier alpha value is -4.66. The molecule has 2 amide bonds. The van der Waals surface area contributed by atoms with Gasteiger partial charge >= 0.3 is 0 Å². The predicted octanol–water partition coefficient (Wildman–Crippen LogP) is 4.96. The van der Waals surface area contributed by atoms with Crippen LogP contribution < -0.4 is 24.8 Å². The van der Waals surface area contributed by atoms with Crippen molar-refractivity contribution in [3.05, 3.63) is 77.7 Å². The summed E-state index contributed by atoms with van der Waals surface area (Å²) < 4.78 is 16.9. The van der Waals surface area contributed by atoms with E-state index in [-0.39, 0.29) is 18.2 Å². The quantitative estimate of drug-likeness (QED) is 0.308. The molecule has 196 valence electrons. The maximum absolute atomic E-state index is 12.8. The summed E-state index contributed by atoms with van der Waals surface area (Å²) in [6, 6.07) is 14.7. The van der Waals surface area contributed by atoms with Gasteiger partial charge in [-0.25, -0.2) is 0 Å². The van der Waals surface area contributed by atoms with E-state index in [9.17, 15) is 9.59 Å². The van der Waals surface area contributed by atoms with Crippen LogP contribution in [0.25, 0.3) is 10.9 Å². The molecule has 2 heterocycles. The summed E-state index contributed by atoms with van der Waals surface area (Å²) in [6.45, 7) is 4.14. The molecule has 0 atom stereocenters. The molecule has 0 aliphatic rings. The van der Waals surface area contributed by atoms with E-state index in [1.54, 1.807) is 38.6 Å². The van der Waals surface area contributed by atoms with Gasteiger partial charge in [0.25, 0.3) is 0 Å². The molecule has 0 aliphatic heterocycles. The summed E-state index contributed by atoms with van der Waals surface area (Å²) in [4.78, 5) is 33.2. The van der Waals surface area contributed by atoms with Crippen molar-refractivity contribution in [1.82, 2.24) is 15.3 Å². The van der Waals surface area contributed by atoms with Gasteiger partial charge in [-0.1, -0.05) is 13.0 Å². The fraction of sp³-hybridized carbons (Fsp3) is 0.241. The van der Waals surface area contributed by atoms with Crippen molar-refractivity contribution in [3.8, 4) is 23.0 Å².